The summed E-state index contributed by atoms with van der Waals surface area (Å²) < 4.78 is 2.04. The van der Waals surface area contributed by atoms with E-state index in [1.165, 1.54) is 0 Å². The zero-order chi connectivity index (χ0) is 12.1. The van der Waals surface area contributed by atoms with Crippen molar-refractivity contribution in [2.24, 2.45) is 5.92 Å². The Bertz CT molecular complexity index is 378. The fourth-order valence-corrected chi connectivity index (χ4v) is 2.18. The van der Waals surface area contributed by atoms with Crippen LogP contribution in [0.4, 0.5) is 0 Å². The van der Waals surface area contributed by atoms with Crippen LogP contribution in [0.3, 0.4) is 0 Å². The molecule has 19 heavy (non-hydrogen) atoms. The highest BCUT2D eigenvalue weighted by Crippen LogP contribution is 2.11. The Morgan fingerprint density at radius 1 is 1.58 bits per heavy atom. The second kappa shape index (κ2) is 9.18. The molecule has 1 aliphatic rings. The van der Waals surface area contributed by atoms with E-state index < -0.39 is 0 Å². The maximum absolute atomic E-state index is 11.6. The Hall–Kier alpha value is -0.780. The smallest absolute Gasteiger partial charge is 0.220 e. The quantitative estimate of drug-likeness (QED) is 0.858. The Labute approximate surface area is 126 Å². The van der Waals surface area contributed by atoms with Gasteiger partial charge in [0.05, 0.1) is 0 Å². The number of aryl methyl sites for hydroxylation is 1. The molecule has 7 heteroatoms. The minimum Gasteiger partial charge on any atom is -0.354 e. The first-order chi connectivity index (χ1) is 8.25. The summed E-state index contributed by atoms with van der Waals surface area (Å²) in [5.74, 6) is 1.67. The molecule has 1 unspecified atom stereocenters. The molecule has 1 saturated heterocycles. The molecule has 5 nitrogen and oxygen atoms in total. The molecule has 0 aromatic carbocycles. The third-order valence-electron chi connectivity index (χ3n) is 3.23. The number of carbonyl (C=O) groups is 1. The molecule has 110 valence electrons. The average Bonchev–Trinajstić information content (AvgIpc) is 2.91. The van der Waals surface area contributed by atoms with Gasteiger partial charge in [0.1, 0.15) is 5.82 Å². The van der Waals surface area contributed by atoms with E-state index in [4.69, 9.17) is 0 Å². The van der Waals surface area contributed by atoms with Crippen LogP contribution in [0.15, 0.2) is 12.4 Å². The summed E-state index contributed by atoms with van der Waals surface area (Å²) >= 11 is 0. The van der Waals surface area contributed by atoms with E-state index in [1.54, 1.807) is 6.20 Å². The van der Waals surface area contributed by atoms with Crippen molar-refractivity contribution in [3.63, 3.8) is 0 Å². The molecule has 2 N–H and O–H groups in total. The predicted octanol–water partition coefficient (Wildman–Crippen LogP) is 1.15. The zero-order valence-electron chi connectivity index (χ0n) is 11.1. The van der Waals surface area contributed by atoms with Gasteiger partial charge in [-0.15, -0.1) is 24.8 Å². The van der Waals surface area contributed by atoms with Crippen molar-refractivity contribution < 1.29 is 4.79 Å². The van der Waals surface area contributed by atoms with Gasteiger partial charge in [-0.2, -0.15) is 0 Å². The lowest BCUT2D eigenvalue weighted by Crippen LogP contribution is -2.29. The summed E-state index contributed by atoms with van der Waals surface area (Å²) in [4.78, 5) is 15.8. The molecule has 2 heterocycles. The second-order valence-corrected chi connectivity index (χ2v) is 4.58. The highest BCUT2D eigenvalue weighted by Gasteiger charge is 2.17. The van der Waals surface area contributed by atoms with Gasteiger partial charge in [-0.3, -0.25) is 4.79 Å². The minimum atomic E-state index is 0. The van der Waals surface area contributed by atoms with Crippen LogP contribution in [-0.2, 0) is 11.3 Å². The lowest BCUT2D eigenvalue weighted by Gasteiger charge is -2.10. The molecule has 1 fully saturated rings. The van der Waals surface area contributed by atoms with Gasteiger partial charge < -0.3 is 15.2 Å². The van der Waals surface area contributed by atoms with E-state index in [1.807, 2.05) is 17.7 Å². The molecule has 0 saturated carbocycles. The van der Waals surface area contributed by atoms with Crippen LogP contribution in [0.25, 0.3) is 0 Å². The fourth-order valence-electron chi connectivity index (χ4n) is 2.18. The first-order valence-corrected chi connectivity index (χ1v) is 6.21. The van der Waals surface area contributed by atoms with E-state index in [-0.39, 0.29) is 30.7 Å². The van der Waals surface area contributed by atoms with Gasteiger partial charge in [-0.05, 0) is 32.4 Å². The predicted molar refractivity (Wildman–Crippen MR) is 80.1 cm³/mol. The Kier molecular flexibility index (Phi) is 8.80. The zero-order valence-corrected chi connectivity index (χ0v) is 12.7. The summed E-state index contributed by atoms with van der Waals surface area (Å²) in [6, 6.07) is 0. The second-order valence-electron chi connectivity index (χ2n) is 4.58. The lowest BCUT2D eigenvalue weighted by atomic mass is 10.0. The number of halogens is 2. The summed E-state index contributed by atoms with van der Waals surface area (Å²) in [7, 11) is 0. The molecular formula is C12H22Cl2N4O. The number of nitrogens with one attached hydrogen (secondary N) is 2. The fraction of sp³-hybridized carbons (Fsp3) is 0.667. The third-order valence-corrected chi connectivity index (χ3v) is 3.23. The van der Waals surface area contributed by atoms with Crippen molar-refractivity contribution in [3.05, 3.63) is 18.2 Å². The first-order valence-electron chi connectivity index (χ1n) is 6.21. The van der Waals surface area contributed by atoms with Gasteiger partial charge in [0.25, 0.3) is 0 Å². The van der Waals surface area contributed by atoms with Crippen molar-refractivity contribution in [2.45, 2.75) is 26.3 Å². The number of nitrogens with zero attached hydrogens (tertiary/aromatic N) is 2. The molecule has 1 aliphatic heterocycles. The van der Waals surface area contributed by atoms with Crippen molar-refractivity contribution in [1.29, 1.82) is 0 Å². The number of imidazole rings is 1. The topological polar surface area (TPSA) is 59.0 Å². The van der Waals surface area contributed by atoms with Crippen LogP contribution in [-0.4, -0.2) is 35.1 Å². The normalized spacial score (nSPS) is 17.4. The Morgan fingerprint density at radius 2 is 2.37 bits per heavy atom. The number of carbonyl (C=O) groups excluding carboxylic acids is 1. The first kappa shape index (κ1) is 18.2. The van der Waals surface area contributed by atoms with E-state index in [0.717, 1.165) is 31.9 Å². The van der Waals surface area contributed by atoms with Crippen LogP contribution in [0.1, 0.15) is 18.7 Å². The van der Waals surface area contributed by atoms with Gasteiger partial charge in [-0.1, -0.05) is 0 Å². The SMILES string of the molecule is Cc1nccn1CCNC(=O)CC1CCNC1.Cl.Cl. The van der Waals surface area contributed by atoms with Gasteiger partial charge >= 0.3 is 0 Å². The summed E-state index contributed by atoms with van der Waals surface area (Å²) in [5.41, 5.74) is 0. The number of hydrogen-bond donors (Lipinski definition) is 2. The van der Waals surface area contributed by atoms with Crippen molar-refractivity contribution in [1.82, 2.24) is 20.2 Å². The average molecular weight is 309 g/mol. The summed E-state index contributed by atoms with van der Waals surface area (Å²) in [6.07, 6.45) is 5.48. The van der Waals surface area contributed by atoms with Crippen molar-refractivity contribution in [2.75, 3.05) is 19.6 Å². The molecule has 1 amide bonds. The minimum absolute atomic E-state index is 0. The van der Waals surface area contributed by atoms with Crippen molar-refractivity contribution >= 4 is 30.7 Å². The van der Waals surface area contributed by atoms with E-state index in [2.05, 4.69) is 15.6 Å². The maximum atomic E-state index is 11.6. The van der Waals surface area contributed by atoms with Crippen molar-refractivity contribution in [3.8, 4) is 0 Å². The summed E-state index contributed by atoms with van der Waals surface area (Å²) in [5, 5.41) is 6.23. The van der Waals surface area contributed by atoms with Crippen LogP contribution in [0.5, 0.6) is 0 Å². The molecule has 0 spiro atoms. The molecule has 1 atom stereocenters. The van der Waals surface area contributed by atoms with Crippen LogP contribution >= 0.6 is 24.8 Å². The largest absolute Gasteiger partial charge is 0.354 e. The molecule has 0 radical (unpaired) electrons. The van der Waals surface area contributed by atoms with Gasteiger partial charge in [0.15, 0.2) is 0 Å². The highest BCUT2D eigenvalue weighted by atomic mass is 35.5. The Balaban J connectivity index is 0.00000162. The monoisotopic (exact) mass is 308 g/mol. The van der Waals surface area contributed by atoms with Gasteiger partial charge in [0.2, 0.25) is 5.91 Å². The summed E-state index contributed by atoms with van der Waals surface area (Å²) in [6.45, 7) is 5.46. The highest BCUT2D eigenvalue weighted by molar-refractivity contribution is 5.85. The molecule has 0 bridgehead atoms. The van der Waals surface area contributed by atoms with Crippen LogP contribution < -0.4 is 10.6 Å². The van der Waals surface area contributed by atoms with E-state index in [0.29, 0.717) is 18.9 Å². The lowest BCUT2D eigenvalue weighted by molar-refractivity contribution is -0.121. The third kappa shape index (κ3) is 5.80. The van der Waals surface area contributed by atoms with E-state index in [9.17, 15) is 4.79 Å². The molecule has 2 rings (SSSR count). The molecule has 1 aromatic heterocycles. The number of amides is 1. The molecular weight excluding hydrogens is 287 g/mol. The Morgan fingerprint density at radius 3 is 2.95 bits per heavy atom. The maximum Gasteiger partial charge on any atom is 0.220 e. The number of hydrogen-bond acceptors (Lipinski definition) is 3. The van der Waals surface area contributed by atoms with Crippen LogP contribution in [0.2, 0.25) is 0 Å². The number of rotatable bonds is 5. The van der Waals surface area contributed by atoms with Gasteiger partial charge in [-0.25, -0.2) is 4.98 Å². The number of aromatic nitrogens is 2. The molecule has 1 aromatic rings. The van der Waals surface area contributed by atoms with Gasteiger partial charge in [0, 0.05) is 31.9 Å². The van der Waals surface area contributed by atoms with E-state index >= 15 is 0 Å². The van der Waals surface area contributed by atoms with Crippen LogP contribution in [0, 0.1) is 12.8 Å². The molecule has 0 aliphatic carbocycles. The standard InChI is InChI=1S/C12H20N4O.2ClH/c1-10-14-4-6-16(10)7-5-15-12(17)8-11-2-3-13-9-11;;/h4,6,11,13H,2-3,5,7-9H2,1H3,(H,15,17);2*1H.